The van der Waals surface area contributed by atoms with Crippen LogP contribution in [0.2, 0.25) is 0 Å². The molecule has 0 aromatic carbocycles. The standard InChI is InChI=1S/C14H21N5OS/c1-3-10-7-11-12(16-14(18-15)17-13(11)21-10)19-6-4-5-9(8-19)20-2/h7,9H,3-6,8,15H2,1-2H3,(H,16,17,18). The molecule has 1 aliphatic heterocycles. The van der Waals surface area contributed by atoms with Gasteiger partial charge in [-0.2, -0.15) is 4.98 Å². The van der Waals surface area contributed by atoms with Gasteiger partial charge in [-0.15, -0.1) is 11.3 Å². The van der Waals surface area contributed by atoms with Gasteiger partial charge in [0.2, 0.25) is 5.95 Å². The summed E-state index contributed by atoms with van der Waals surface area (Å²) in [5.41, 5.74) is 2.58. The molecule has 0 saturated carbocycles. The van der Waals surface area contributed by atoms with Gasteiger partial charge < -0.3 is 9.64 Å². The Bertz CT molecular complexity index is 629. The summed E-state index contributed by atoms with van der Waals surface area (Å²) in [7, 11) is 1.77. The lowest BCUT2D eigenvalue weighted by Gasteiger charge is -2.33. The van der Waals surface area contributed by atoms with Crippen molar-refractivity contribution in [3.05, 3.63) is 10.9 Å². The number of nitrogens with zero attached hydrogens (tertiary/aromatic N) is 3. The van der Waals surface area contributed by atoms with Gasteiger partial charge >= 0.3 is 0 Å². The number of hydrazine groups is 1. The molecule has 2 aromatic heterocycles. The van der Waals surface area contributed by atoms with E-state index in [9.17, 15) is 0 Å². The van der Waals surface area contributed by atoms with E-state index in [0.717, 1.165) is 48.4 Å². The number of anilines is 2. The second-order valence-electron chi connectivity index (χ2n) is 5.25. The lowest BCUT2D eigenvalue weighted by molar-refractivity contribution is 0.0892. The van der Waals surface area contributed by atoms with Gasteiger partial charge in [0.1, 0.15) is 10.6 Å². The predicted molar refractivity (Wildman–Crippen MR) is 86.8 cm³/mol. The number of hydrogen-bond acceptors (Lipinski definition) is 7. The third-order valence-corrected chi connectivity index (χ3v) is 5.09. The van der Waals surface area contributed by atoms with Crippen LogP contribution < -0.4 is 16.2 Å². The van der Waals surface area contributed by atoms with Gasteiger partial charge in [0.05, 0.1) is 11.5 Å². The van der Waals surface area contributed by atoms with E-state index in [1.807, 2.05) is 0 Å². The summed E-state index contributed by atoms with van der Waals surface area (Å²) in [6.07, 6.45) is 3.49. The molecule has 1 aliphatic rings. The summed E-state index contributed by atoms with van der Waals surface area (Å²) >= 11 is 1.71. The molecular weight excluding hydrogens is 286 g/mol. The zero-order chi connectivity index (χ0) is 14.8. The first-order valence-electron chi connectivity index (χ1n) is 7.30. The quantitative estimate of drug-likeness (QED) is 0.666. The lowest BCUT2D eigenvalue weighted by Crippen LogP contribution is -2.39. The van der Waals surface area contributed by atoms with Crippen molar-refractivity contribution < 1.29 is 4.74 Å². The molecule has 1 unspecified atom stereocenters. The van der Waals surface area contributed by atoms with Crippen LogP contribution in [-0.4, -0.2) is 36.3 Å². The summed E-state index contributed by atoms with van der Waals surface area (Å²) in [5.74, 6) is 6.96. The molecule has 2 aromatic rings. The summed E-state index contributed by atoms with van der Waals surface area (Å²) < 4.78 is 5.52. The Morgan fingerprint density at radius 2 is 2.38 bits per heavy atom. The number of nitrogens with one attached hydrogen (secondary N) is 1. The molecule has 3 heterocycles. The van der Waals surface area contributed by atoms with Crippen molar-refractivity contribution in [2.75, 3.05) is 30.5 Å². The second kappa shape index (κ2) is 6.13. The average molecular weight is 307 g/mol. The largest absolute Gasteiger partial charge is 0.380 e. The fourth-order valence-corrected chi connectivity index (χ4v) is 3.72. The summed E-state index contributed by atoms with van der Waals surface area (Å²) in [6, 6.07) is 2.20. The van der Waals surface area contributed by atoms with Crippen LogP contribution >= 0.6 is 11.3 Å². The molecule has 0 bridgehead atoms. The van der Waals surface area contributed by atoms with Crippen molar-refractivity contribution >= 4 is 33.3 Å². The van der Waals surface area contributed by atoms with Crippen LogP contribution in [0.15, 0.2) is 6.07 Å². The Labute approximate surface area is 128 Å². The van der Waals surface area contributed by atoms with Gasteiger partial charge in [0, 0.05) is 25.1 Å². The smallest absolute Gasteiger partial charge is 0.240 e. The Morgan fingerprint density at radius 3 is 3.10 bits per heavy atom. The molecule has 0 aliphatic carbocycles. The molecule has 0 radical (unpaired) electrons. The number of aryl methyl sites for hydroxylation is 1. The summed E-state index contributed by atoms with van der Waals surface area (Å²) in [4.78, 5) is 13.7. The minimum atomic E-state index is 0.266. The highest BCUT2D eigenvalue weighted by Gasteiger charge is 2.23. The fourth-order valence-electron chi connectivity index (χ4n) is 2.76. The molecule has 6 nitrogen and oxygen atoms in total. The molecule has 1 saturated heterocycles. The fraction of sp³-hybridized carbons (Fsp3) is 0.571. The van der Waals surface area contributed by atoms with E-state index < -0.39 is 0 Å². The van der Waals surface area contributed by atoms with Crippen molar-refractivity contribution in [3.63, 3.8) is 0 Å². The van der Waals surface area contributed by atoms with Crippen molar-refractivity contribution in [1.82, 2.24) is 9.97 Å². The van der Waals surface area contributed by atoms with Crippen molar-refractivity contribution in [2.24, 2.45) is 5.84 Å². The summed E-state index contributed by atoms with van der Waals surface area (Å²) in [6.45, 7) is 4.01. The molecule has 1 fully saturated rings. The zero-order valence-corrected chi connectivity index (χ0v) is 13.2. The van der Waals surface area contributed by atoms with Crippen LogP contribution in [0.4, 0.5) is 11.8 Å². The zero-order valence-electron chi connectivity index (χ0n) is 12.4. The van der Waals surface area contributed by atoms with Crippen LogP contribution in [-0.2, 0) is 11.2 Å². The number of rotatable bonds is 4. The maximum Gasteiger partial charge on any atom is 0.240 e. The molecule has 0 amide bonds. The first kappa shape index (κ1) is 14.5. The highest BCUT2D eigenvalue weighted by atomic mass is 32.1. The van der Waals surface area contributed by atoms with E-state index >= 15 is 0 Å². The molecule has 114 valence electrons. The molecule has 1 atom stereocenters. The minimum absolute atomic E-state index is 0.266. The van der Waals surface area contributed by atoms with Crippen LogP contribution in [0.5, 0.6) is 0 Å². The van der Waals surface area contributed by atoms with E-state index in [1.165, 1.54) is 4.88 Å². The lowest BCUT2D eigenvalue weighted by atomic mass is 10.1. The Kier molecular flexibility index (Phi) is 4.23. The third-order valence-electron chi connectivity index (χ3n) is 3.91. The van der Waals surface area contributed by atoms with Gasteiger partial charge in [-0.3, -0.25) is 5.43 Å². The second-order valence-corrected chi connectivity index (χ2v) is 6.36. The number of nitrogen functional groups attached to an aromatic ring is 1. The normalized spacial score (nSPS) is 19.2. The van der Waals surface area contributed by atoms with Gasteiger partial charge in [0.15, 0.2) is 0 Å². The number of ether oxygens (including phenoxy) is 1. The van der Waals surface area contributed by atoms with Crippen molar-refractivity contribution in [2.45, 2.75) is 32.3 Å². The first-order chi connectivity index (χ1) is 10.2. The molecule has 3 N–H and O–H groups in total. The number of piperidine rings is 1. The molecule has 7 heteroatoms. The Balaban J connectivity index is 2.04. The molecule has 21 heavy (non-hydrogen) atoms. The third kappa shape index (κ3) is 2.81. The number of aromatic nitrogens is 2. The van der Waals surface area contributed by atoms with Crippen molar-refractivity contribution in [3.8, 4) is 0 Å². The first-order valence-corrected chi connectivity index (χ1v) is 8.11. The number of thiophene rings is 1. The average Bonchev–Trinajstić information content (AvgIpc) is 2.96. The maximum atomic E-state index is 5.52. The maximum absolute atomic E-state index is 5.52. The topological polar surface area (TPSA) is 76.3 Å². The molecular formula is C14H21N5OS. The van der Waals surface area contributed by atoms with E-state index in [4.69, 9.17) is 10.6 Å². The molecule has 0 spiro atoms. The van der Waals surface area contributed by atoms with E-state index in [2.05, 4.69) is 33.3 Å². The van der Waals surface area contributed by atoms with Gasteiger partial charge in [0.25, 0.3) is 0 Å². The van der Waals surface area contributed by atoms with Crippen LogP contribution in [0, 0.1) is 0 Å². The monoisotopic (exact) mass is 307 g/mol. The van der Waals surface area contributed by atoms with E-state index in [-0.39, 0.29) is 6.10 Å². The van der Waals surface area contributed by atoms with Crippen LogP contribution in [0.25, 0.3) is 10.2 Å². The Morgan fingerprint density at radius 1 is 1.52 bits per heavy atom. The highest BCUT2D eigenvalue weighted by Crippen LogP contribution is 2.33. The van der Waals surface area contributed by atoms with Crippen molar-refractivity contribution in [1.29, 1.82) is 0 Å². The SMILES string of the molecule is CCc1cc2c(N3CCCC(OC)C3)nc(NN)nc2s1. The van der Waals surface area contributed by atoms with E-state index in [1.54, 1.807) is 18.4 Å². The van der Waals surface area contributed by atoms with Gasteiger partial charge in [-0.1, -0.05) is 6.92 Å². The number of hydrogen-bond donors (Lipinski definition) is 2. The predicted octanol–water partition coefficient (Wildman–Crippen LogP) is 2.15. The highest BCUT2D eigenvalue weighted by molar-refractivity contribution is 7.18. The minimum Gasteiger partial charge on any atom is -0.380 e. The van der Waals surface area contributed by atoms with Gasteiger partial charge in [-0.25, -0.2) is 10.8 Å². The van der Waals surface area contributed by atoms with E-state index in [0.29, 0.717) is 5.95 Å². The van der Waals surface area contributed by atoms with Crippen LogP contribution in [0.1, 0.15) is 24.6 Å². The number of methoxy groups -OCH3 is 1. The number of nitrogens with two attached hydrogens (primary N) is 1. The van der Waals surface area contributed by atoms with Crippen LogP contribution in [0.3, 0.4) is 0 Å². The summed E-state index contributed by atoms with van der Waals surface area (Å²) in [5, 5.41) is 1.12. The number of fused-ring (bicyclic) bond motifs is 1. The van der Waals surface area contributed by atoms with Gasteiger partial charge in [-0.05, 0) is 25.3 Å². The molecule has 3 rings (SSSR count). The Hall–Kier alpha value is -1.44.